The molecule has 0 aliphatic rings. The number of nitrogens with one attached hydrogen (secondary N) is 1. The average Bonchev–Trinajstić information content (AvgIpc) is 2.79. The molecule has 0 spiro atoms. The molecule has 0 radical (unpaired) electrons. The van der Waals surface area contributed by atoms with E-state index >= 15 is 0 Å². The first-order valence-corrected chi connectivity index (χ1v) is 7.54. The van der Waals surface area contributed by atoms with Crippen molar-refractivity contribution < 1.29 is 4.79 Å². The molecular weight excluding hydrogens is 262 g/mol. The summed E-state index contributed by atoms with van der Waals surface area (Å²) >= 11 is 0. The molecule has 0 saturated carbocycles. The summed E-state index contributed by atoms with van der Waals surface area (Å²) in [5.74, 6) is 0.593. The first kappa shape index (κ1) is 15.6. The predicted octanol–water partition coefficient (Wildman–Crippen LogP) is 3.22. The van der Waals surface area contributed by atoms with Crippen LogP contribution in [0, 0.1) is 11.8 Å². The summed E-state index contributed by atoms with van der Waals surface area (Å²) in [6, 6.07) is 7.58. The third kappa shape index (κ3) is 3.64. The number of amides is 1. The van der Waals surface area contributed by atoms with Crippen LogP contribution in [0.1, 0.15) is 27.7 Å². The van der Waals surface area contributed by atoms with E-state index in [-0.39, 0.29) is 11.8 Å². The second-order valence-electron chi connectivity index (χ2n) is 6.39. The Hall–Kier alpha value is -1.81. The summed E-state index contributed by atoms with van der Waals surface area (Å²) in [7, 11) is 0. The summed E-state index contributed by atoms with van der Waals surface area (Å²) in [6.07, 6.45) is 2.09. The SMILES string of the molecule is CC(C)Cn1ccc2cc(NC(=O)[C@@H](N)C(C)C)ccc21. The number of aromatic nitrogens is 1. The minimum absolute atomic E-state index is 0.126. The Balaban J connectivity index is 2.18. The molecule has 2 aromatic rings. The maximum atomic E-state index is 12.0. The van der Waals surface area contributed by atoms with Crippen LogP contribution in [0.3, 0.4) is 0 Å². The lowest BCUT2D eigenvalue weighted by Crippen LogP contribution is -2.39. The number of carbonyl (C=O) groups excluding carboxylic acids is 1. The van der Waals surface area contributed by atoms with Crippen molar-refractivity contribution in [3.63, 3.8) is 0 Å². The molecular formula is C17H25N3O. The van der Waals surface area contributed by atoms with Crippen molar-refractivity contribution in [2.24, 2.45) is 17.6 Å². The van der Waals surface area contributed by atoms with Crippen molar-refractivity contribution in [3.8, 4) is 0 Å². The molecule has 4 heteroatoms. The molecule has 0 unspecified atom stereocenters. The van der Waals surface area contributed by atoms with Gasteiger partial charge < -0.3 is 15.6 Å². The van der Waals surface area contributed by atoms with E-state index in [1.165, 1.54) is 5.52 Å². The van der Waals surface area contributed by atoms with Crippen LogP contribution in [0.15, 0.2) is 30.5 Å². The fourth-order valence-electron chi connectivity index (χ4n) is 2.36. The Morgan fingerprint density at radius 1 is 1.24 bits per heavy atom. The van der Waals surface area contributed by atoms with Crippen LogP contribution in [0.25, 0.3) is 10.9 Å². The minimum Gasteiger partial charge on any atom is -0.347 e. The zero-order valence-corrected chi connectivity index (χ0v) is 13.3. The second-order valence-corrected chi connectivity index (χ2v) is 6.39. The molecule has 1 amide bonds. The first-order valence-electron chi connectivity index (χ1n) is 7.54. The zero-order valence-electron chi connectivity index (χ0n) is 13.3. The first-order chi connectivity index (χ1) is 9.88. The molecule has 1 heterocycles. The summed E-state index contributed by atoms with van der Waals surface area (Å²) < 4.78 is 2.24. The van der Waals surface area contributed by atoms with Crippen LogP contribution in [0.4, 0.5) is 5.69 Å². The third-order valence-electron chi connectivity index (χ3n) is 3.62. The molecule has 0 bridgehead atoms. The standard InChI is InChI=1S/C17H25N3O/c1-11(2)10-20-8-7-13-9-14(5-6-15(13)20)19-17(21)16(18)12(3)4/h5-9,11-12,16H,10,18H2,1-4H3,(H,19,21)/t16-/m0/s1. The molecule has 0 saturated heterocycles. The van der Waals surface area contributed by atoms with E-state index in [9.17, 15) is 4.79 Å². The molecule has 1 atom stereocenters. The lowest BCUT2D eigenvalue weighted by Gasteiger charge is -2.15. The van der Waals surface area contributed by atoms with Crippen LogP contribution < -0.4 is 11.1 Å². The Kier molecular flexibility index (Phi) is 4.68. The number of carbonyl (C=O) groups is 1. The topological polar surface area (TPSA) is 60.0 Å². The summed E-state index contributed by atoms with van der Waals surface area (Å²) in [5, 5.41) is 4.02. The Morgan fingerprint density at radius 2 is 1.95 bits per heavy atom. The van der Waals surface area contributed by atoms with Crippen molar-refractivity contribution in [2.45, 2.75) is 40.3 Å². The van der Waals surface area contributed by atoms with Crippen molar-refractivity contribution in [1.29, 1.82) is 0 Å². The summed E-state index contributed by atoms with van der Waals surface area (Å²) in [4.78, 5) is 12.0. The van der Waals surface area contributed by atoms with Crippen molar-refractivity contribution in [1.82, 2.24) is 4.57 Å². The highest BCUT2D eigenvalue weighted by atomic mass is 16.2. The molecule has 0 fully saturated rings. The maximum Gasteiger partial charge on any atom is 0.241 e. The smallest absolute Gasteiger partial charge is 0.241 e. The predicted molar refractivity (Wildman–Crippen MR) is 88.2 cm³/mol. The molecule has 114 valence electrons. The van der Waals surface area contributed by atoms with Gasteiger partial charge in [-0.3, -0.25) is 4.79 Å². The van der Waals surface area contributed by atoms with E-state index in [1.807, 2.05) is 32.0 Å². The molecule has 3 N–H and O–H groups in total. The number of rotatable bonds is 5. The normalized spacial score (nSPS) is 13.1. The van der Waals surface area contributed by atoms with Crippen LogP contribution in [-0.2, 0) is 11.3 Å². The summed E-state index contributed by atoms with van der Waals surface area (Å²) in [5.41, 5.74) is 7.85. The average molecular weight is 287 g/mol. The van der Waals surface area contributed by atoms with Gasteiger partial charge in [0, 0.05) is 29.3 Å². The number of hydrogen-bond acceptors (Lipinski definition) is 2. The van der Waals surface area contributed by atoms with Gasteiger partial charge in [0.2, 0.25) is 5.91 Å². The van der Waals surface area contributed by atoms with Gasteiger partial charge in [-0.15, -0.1) is 0 Å². The molecule has 1 aromatic heterocycles. The Morgan fingerprint density at radius 3 is 2.57 bits per heavy atom. The molecule has 0 aliphatic heterocycles. The van der Waals surface area contributed by atoms with E-state index in [2.05, 4.69) is 36.0 Å². The third-order valence-corrected chi connectivity index (χ3v) is 3.62. The van der Waals surface area contributed by atoms with Crippen LogP contribution >= 0.6 is 0 Å². The molecule has 2 rings (SSSR count). The fraction of sp³-hybridized carbons (Fsp3) is 0.471. The number of benzene rings is 1. The number of fused-ring (bicyclic) bond motifs is 1. The summed E-state index contributed by atoms with van der Waals surface area (Å²) in [6.45, 7) is 9.29. The van der Waals surface area contributed by atoms with Gasteiger partial charge in [-0.2, -0.15) is 0 Å². The highest BCUT2D eigenvalue weighted by Gasteiger charge is 2.17. The highest BCUT2D eigenvalue weighted by Crippen LogP contribution is 2.21. The lowest BCUT2D eigenvalue weighted by atomic mass is 10.0. The van der Waals surface area contributed by atoms with E-state index in [4.69, 9.17) is 5.73 Å². The minimum atomic E-state index is -0.480. The Bertz CT molecular complexity index is 628. The molecule has 1 aromatic carbocycles. The van der Waals surface area contributed by atoms with E-state index < -0.39 is 6.04 Å². The number of anilines is 1. The van der Waals surface area contributed by atoms with Gasteiger partial charge in [-0.25, -0.2) is 0 Å². The van der Waals surface area contributed by atoms with Crippen molar-refractivity contribution >= 4 is 22.5 Å². The fourth-order valence-corrected chi connectivity index (χ4v) is 2.36. The monoisotopic (exact) mass is 287 g/mol. The molecule has 4 nitrogen and oxygen atoms in total. The number of nitrogens with zero attached hydrogens (tertiary/aromatic N) is 1. The van der Waals surface area contributed by atoms with Crippen molar-refractivity contribution in [3.05, 3.63) is 30.5 Å². The quantitative estimate of drug-likeness (QED) is 0.887. The second kappa shape index (κ2) is 6.31. The lowest BCUT2D eigenvalue weighted by molar-refractivity contribution is -0.118. The van der Waals surface area contributed by atoms with E-state index in [1.54, 1.807) is 0 Å². The van der Waals surface area contributed by atoms with Gasteiger partial charge in [-0.05, 0) is 36.1 Å². The highest BCUT2D eigenvalue weighted by molar-refractivity contribution is 5.97. The van der Waals surface area contributed by atoms with Gasteiger partial charge in [0.05, 0.1) is 6.04 Å². The van der Waals surface area contributed by atoms with Gasteiger partial charge in [0.1, 0.15) is 0 Å². The van der Waals surface area contributed by atoms with Crippen LogP contribution in [0.2, 0.25) is 0 Å². The van der Waals surface area contributed by atoms with E-state index in [0.29, 0.717) is 5.92 Å². The van der Waals surface area contributed by atoms with Gasteiger partial charge >= 0.3 is 0 Å². The van der Waals surface area contributed by atoms with Gasteiger partial charge in [-0.1, -0.05) is 27.7 Å². The number of hydrogen-bond donors (Lipinski definition) is 2. The van der Waals surface area contributed by atoms with Crippen molar-refractivity contribution in [2.75, 3.05) is 5.32 Å². The maximum absolute atomic E-state index is 12.0. The zero-order chi connectivity index (χ0) is 15.6. The van der Waals surface area contributed by atoms with Gasteiger partial charge in [0.15, 0.2) is 0 Å². The molecule has 21 heavy (non-hydrogen) atoms. The van der Waals surface area contributed by atoms with Crippen LogP contribution in [0.5, 0.6) is 0 Å². The largest absolute Gasteiger partial charge is 0.347 e. The Labute approximate surface area is 126 Å². The van der Waals surface area contributed by atoms with Crippen LogP contribution in [-0.4, -0.2) is 16.5 Å². The number of nitrogens with two attached hydrogens (primary N) is 1. The van der Waals surface area contributed by atoms with Gasteiger partial charge in [0.25, 0.3) is 0 Å². The molecule has 0 aliphatic carbocycles. The van der Waals surface area contributed by atoms with E-state index in [0.717, 1.165) is 17.6 Å².